The maximum absolute atomic E-state index is 2.48. The summed E-state index contributed by atoms with van der Waals surface area (Å²) in [6.45, 7) is 7.04. The van der Waals surface area contributed by atoms with Gasteiger partial charge in [0.2, 0.25) is 0 Å². The summed E-state index contributed by atoms with van der Waals surface area (Å²) in [4.78, 5) is 0. The molecule has 148 valence electrons. The van der Waals surface area contributed by atoms with Crippen LogP contribution in [0.5, 0.6) is 0 Å². The summed E-state index contributed by atoms with van der Waals surface area (Å²) in [5.74, 6) is 2.67. The van der Waals surface area contributed by atoms with Crippen LogP contribution in [0.1, 0.15) is 102 Å². The molecule has 0 radical (unpaired) electrons. The van der Waals surface area contributed by atoms with Gasteiger partial charge in [-0.2, -0.15) is 0 Å². The first-order chi connectivity index (χ1) is 13.2. The Morgan fingerprint density at radius 2 is 1.59 bits per heavy atom. The third-order valence-corrected chi connectivity index (χ3v) is 7.00. The van der Waals surface area contributed by atoms with Gasteiger partial charge in [0.05, 0.1) is 0 Å². The largest absolute Gasteiger partial charge is 0.0654 e. The quantitative estimate of drug-likeness (QED) is 0.390. The number of benzene rings is 2. The van der Waals surface area contributed by atoms with E-state index in [0.717, 1.165) is 17.8 Å². The van der Waals surface area contributed by atoms with Gasteiger partial charge in [-0.15, -0.1) is 0 Å². The Labute approximate surface area is 167 Å². The van der Waals surface area contributed by atoms with E-state index in [1.54, 1.807) is 5.56 Å². The van der Waals surface area contributed by atoms with Gasteiger partial charge in [-0.1, -0.05) is 82.9 Å². The fourth-order valence-corrected chi connectivity index (χ4v) is 4.95. The van der Waals surface area contributed by atoms with Gasteiger partial charge in [0.25, 0.3) is 0 Å². The first kappa shape index (κ1) is 20.4. The molecule has 0 spiro atoms. The summed E-state index contributed by atoms with van der Waals surface area (Å²) in [6, 6.07) is 14.4. The molecule has 1 aliphatic rings. The van der Waals surface area contributed by atoms with Crippen LogP contribution in [-0.4, -0.2) is 0 Å². The van der Waals surface area contributed by atoms with E-state index in [9.17, 15) is 0 Å². The van der Waals surface area contributed by atoms with E-state index in [1.165, 1.54) is 87.0 Å². The molecule has 1 fully saturated rings. The zero-order valence-corrected chi connectivity index (χ0v) is 18.0. The van der Waals surface area contributed by atoms with E-state index >= 15 is 0 Å². The third kappa shape index (κ3) is 5.84. The van der Waals surface area contributed by atoms with E-state index in [-0.39, 0.29) is 0 Å². The van der Waals surface area contributed by atoms with Crippen LogP contribution in [-0.2, 0) is 6.42 Å². The summed E-state index contributed by atoms with van der Waals surface area (Å²) in [5, 5.41) is 2.86. The van der Waals surface area contributed by atoms with Crippen molar-refractivity contribution in [2.45, 2.75) is 97.3 Å². The molecule has 1 saturated carbocycles. The van der Waals surface area contributed by atoms with Crippen LogP contribution in [0.15, 0.2) is 36.4 Å². The Morgan fingerprint density at radius 1 is 0.852 bits per heavy atom. The Kier molecular flexibility index (Phi) is 7.80. The number of aryl methyl sites for hydroxylation is 1. The van der Waals surface area contributed by atoms with Crippen LogP contribution >= 0.6 is 0 Å². The van der Waals surface area contributed by atoms with Crippen LogP contribution in [0.4, 0.5) is 0 Å². The zero-order chi connectivity index (χ0) is 19.1. The predicted molar refractivity (Wildman–Crippen MR) is 121 cm³/mol. The van der Waals surface area contributed by atoms with Crippen molar-refractivity contribution in [2.75, 3.05) is 0 Å². The second kappa shape index (κ2) is 10.3. The molecule has 1 unspecified atom stereocenters. The van der Waals surface area contributed by atoms with Gasteiger partial charge in [0, 0.05) is 0 Å². The highest BCUT2D eigenvalue weighted by Crippen LogP contribution is 2.39. The molecular weight excluding hydrogens is 324 g/mol. The van der Waals surface area contributed by atoms with Gasteiger partial charge < -0.3 is 0 Å². The number of rotatable bonds is 9. The van der Waals surface area contributed by atoms with Crippen molar-refractivity contribution in [3.8, 4) is 0 Å². The topological polar surface area (TPSA) is 0 Å². The predicted octanol–water partition coefficient (Wildman–Crippen LogP) is 8.67. The van der Waals surface area contributed by atoms with Gasteiger partial charge in [-0.25, -0.2) is 0 Å². The first-order valence-electron chi connectivity index (χ1n) is 11.7. The minimum atomic E-state index is 0.788. The third-order valence-electron chi connectivity index (χ3n) is 7.00. The maximum Gasteiger partial charge on any atom is -0.0162 e. The molecule has 0 saturated heterocycles. The van der Waals surface area contributed by atoms with Crippen molar-refractivity contribution < 1.29 is 0 Å². The van der Waals surface area contributed by atoms with Crippen LogP contribution < -0.4 is 0 Å². The number of hydrogen-bond acceptors (Lipinski definition) is 0. The molecule has 0 aliphatic heterocycles. The molecule has 3 rings (SSSR count). The van der Waals surface area contributed by atoms with Crippen molar-refractivity contribution in [2.24, 2.45) is 11.8 Å². The SMILES string of the molecule is CCCCCCc1ccc2cc([C@H]3CC[C@H](CC(C)CC)CC3)ccc2c1. The normalized spacial score (nSPS) is 21.4. The lowest BCUT2D eigenvalue weighted by molar-refractivity contribution is 0.273. The highest BCUT2D eigenvalue weighted by atomic mass is 14.3. The first-order valence-corrected chi connectivity index (χ1v) is 11.7. The summed E-state index contributed by atoms with van der Waals surface area (Å²) in [6.07, 6.45) is 15.1. The van der Waals surface area contributed by atoms with E-state index in [1.807, 2.05) is 0 Å². The summed E-state index contributed by atoms with van der Waals surface area (Å²) in [7, 11) is 0. The lowest BCUT2D eigenvalue weighted by Crippen LogP contribution is -2.15. The minimum Gasteiger partial charge on any atom is -0.0654 e. The summed E-state index contributed by atoms with van der Waals surface area (Å²) >= 11 is 0. The second-order valence-electron chi connectivity index (χ2n) is 9.22. The van der Waals surface area contributed by atoms with E-state index in [4.69, 9.17) is 0 Å². The van der Waals surface area contributed by atoms with Gasteiger partial charge in [0.1, 0.15) is 0 Å². The average molecular weight is 365 g/mol. The van der Waals surface area contributed by atoms with Crippen molar-refractivity contribution >= 4 is 10.8 Å². The van der Waals surface area contributed by atoms with Crippen LogP contribution in [0.2, 0.25) is 0 Å². The number of unbranched alkanes of at least 4 members (excludes halogenated alkanes) is 3. The lowest BCUT2D eigenvalue weighted by Gasteiger charge is -2.30. The van der Waals surface area contributed by atoms with Crippen molar-refractivity contribution in [1.82, 2.24) is 0 Å². The highest BCUT2D eigenvalue weighted by molar-refractivity contribution is 5.84. The average Bonchev–Trinajstić information content (AvgIpc) is 2.71. The van der Waals surface area contributed by atoms with Crippen molar-refractivity contribution in [3.63, 3.8) is 0 Å². The van der Waals surface area contributed by atoms with Gasteiger partial charge in [0.15, 0.2) is 0 Å². The Hall–Kier alpha value is -1.30. The van der Waals surface area contributed by atoms with E-state index < -0.39 is 0 Å². The summed E-state index contributed by atoms with van der Waals surface area (Å²) < 4.78 is 0. The smallest absolute Gasteiger partial charge is 0.0162 e. The monoisotopic (exact) mass is 364 g/mol. The van der Waals surface area contributed by atoms with Crippen molar-refractivity contribution in [1.29, 1.82) is 0 Å². The molecule has 0 heteroatoms. The van der Waals surface area contributed by atoms with Crippen LogP contribution in [0, 0.1) is 11.8 Å². The molecule has 0 heterocycles. The zero-order valence-electron chi connectivity index (χ0n) is 18.0. The molecule has 2 aromatic rings. The fourth-order valence-electron chi connectivity index (χ4n) is 4.95. The number of hydrogen-bond donors (Lipinski definition) is 0. The van der Waals surface area contributed by atoms with Crippen LogP contribution in [0.25, 0.3) is 10.8 Å². The molecule has 0 N–H and O–H groups in total. The Morgan fingerprint density at radius 3 is 2.33 bits per heavy atom. The molecule has 0 nitrogen and oxygen atoms in total. The molecule has 2 aromatic carbocycles. The van der Waals surface area contributed by atoms with E-state index in [2.05, 4.69) is 57.2 Å². The number of fused-ring (bicyclic) bond motifs is 1. The Balaban J connectivity index is 1.58. The molecule has 1 atom stereocenters. The molecule has 1 aliphatic carbocycles. The maximum atomic E-state index is 2.48. The minimum absolute atomic E-state index is 0.788. The molecule has 0 bridgehead atoms. The fraction of sp³-hybridized carbons (Fsp3) is 0.630. The molecule has 27 heavy (non-hydrogen) atoms. The highest BCUT2D eigenvalue weighted by Gasteiger charge is 2.23. The second-order valence-corrected chi connectivity index (χ2v) is 9.22. The molecule has 0 aromatic heterocycles. The Bertz CT molecular complexity index is 690. The lowest BCUT2D eigenvalue weighted by atomic mass is 9.75. The standard InChI is InChI=1S/C27H40/c1-4-6-7-8-9-22-12-15-27-20-26(17-16-25(27)19-22)24-13-10-23(11-14-24)18-21(3)5-2/h12,15-17,19-21,23-24H,4-11,13-14,18H2,1-3H3/t21?,23-,24-. The summed E-state index contributed by atoms with van der Waals surface area (Å²) in [5.41, 5.74) is 3.09. The van der Waals surface area contributed by atoms with Gasteiger partial charge in [-0.3, -0.25) is 0 Å². The van der Waals surface area contributed by atoms with Crippen LogP contribution in [0.3, 0.4) is 0 Å². The molecular formula is C27H40. The molecule has 0 amide bonds. The van der Waals surface area contributed by atoms with Crippen molar-refractivity contribution in [3.05, 3.63) is 47.5 Å². The van der Waals surface area contributed by atoms with E-state index in [0.29, 0.717) is 0 Å². The van der Waals surface area contributed by atoms with Gasteiger partial charge in [-0.05, 0) is 84.6 Å². The van der Waals surface area contributed by atoms with Gasteiger partial charge >= 0.3 is 0 Å².